The number of hydrogen-bond donors (Lipinski definition) is 1. The van der Waals surface area contributed by atoms with Crippen molar-refractivity contribution >= 4 is 46.2 Å². The van der Waals surface area contributed by atoms with Crippen molar-refractivity contribution in [3.63, 3.8) is 0 Å². The molecule has 0 unspecified atom stereocenters. The third kappa shape index (κ3) is 5.59. The van der Waals surface area contributed by atoms with Crippen molar-refractivity contribution in [3.8, 4) is 11.5 Å². The molecule has 1 fully saturated rings. The lowest BCUT2D eigenvalue weighted by molar-refractivity contribution is -0.115. The molecule has 1 saturated heterocycles. The highest BCUT2D eigenvalue weighted by atomic mass is 35.5. The van der Waals surface area contributed by atoms with Gasteiger partial charge in [-0.15, -0.1) is 0 Å². The number of thioether (sulfide) groups is 1. The molecule has 0 spiro atoms. The summed E-state index contributed by atoms with van der Waals surface area (Å²) < 4.78 is 11.4. The minimum Gasteiger partial charge on any atom is -0.493 e. The second-order valence-corrected chi connectivity index (χ2v) is 9.00. The molecule has 7 heteroatoms. The molecular formula is C26H23ClN2O3S. The van der Waals surface area contributed by atoms with Gasteiger partial charge in [0.1, 0.15) is 6.61 Å². The van der Waals surface area contributed by atoms with Crippen LogP contribution >= 0.6 is 23.4 Å². The van der Waals surface area contributed by atoms with Crippen LogP contribution in [0.4, 0.5) is 5.69 Å². The van der Waals surface area contributed by atoms with Gasteiger partial charge >= 0.3 is 0 Å². The van der Waals surface area contributed by atoms with Crippen molar-refractivity contribution in [2.45, 2.75) is 20.5 Å². The Hall–Kier alpha value is -3.22. The molecule has 0 saturated carbocycles. The van der Waals surface area contributed by atoms with E-state index in [1.807, 2.05) is 80.6 Å². The van der Waals surface area contributed by atoms with Gasteiger partial charge in [-0.3, -0.25) is 4.79 Å². The van der Waals surface area contributed by atoms with Crippen LogP contribution in [0.25, 0.3) is 6.08 Å². The maximum absolute atomic E-state index is 12.5. The molecule has 3 aromatic rings. The summed E-state index contributed by atoms with van der Waals surface area (Å²) in [6.07, 6.45) is 1.81. The standard InChI is InChI=1S/C26H23ClN2O3S/c1-16-8-9-17(2)21(12-16)28-26-29-25(30)24(33-26)14-18-10-11-22(23(13-18)31-3)32-15-19-6-4-5-7-20(19)27/h4-14H,15H2,1-3H3,(H,28,29,30)/b24-14-. The van der Waals surface area contributed by atoms with Gasteiger partial charge in [0.05, 0.1) is 17.7 Å². The Kier molecular flexibility index (Phi) is 7.06. The summed E-state index contributed by atoms with van der Waals surface area (Å²) in [4.78, 5) is 17.7. The topological polar surface area (TPSA) is 59.9 Å². The van der Waals surface area contributed by atoms with E-state index in [0.717, 1.165) is 27.9 Å². The molecule has 5 nitrogen and oxygen atoms in total. The molecule has 1 aliphatic rings. The summed E-state index contributed by atoms with van der Waals surface area (Å²) in [7, 11) is 1.58. The van der Waals surface area contributed by atoms with Crippen LogP contribution in [0.2, 0.25) is 5.02 Å². The van der Waals surface area contributed by atoms with E-state index in [1.165, 1.54) is 11.8 Å². The van der Waals surface area contributed by atoms with Gasteiger partial charge in [-0.25, -0.2) is 4.99 Å². The summed E-state index contributed by atoms with van der Waals surface area (Å²) in [5, 5.41) is 4.06. The number of benzene rings is 3. The summed E-state index contributed by atoms with van der Waals surface area (Å²) >= 11 is 7.52. The van der Waals surface area contributed by atoms with Gasteiger partial charge in [0.15, 0.2) is 16.7 Å². The average molecular weight is 479 g/mol. The fraction of sp³-hybridized carbons (Fsp3) is 0.154. The number of amides is 1. The zero-order valence-corrected chi connectivity index (χ0v) is 20.1. The summed E-state index contributed by atoms with van der Waals surface area (Å²) in [6.45, 7) is 4.34. The SMILES string of the molecule is COc1cc(/C=C2\SC(=Nc3cc(C)ccc3C)NC2=O)ccc1OCc1ccccc1Cl. The number of carbonyl (C=O) groups excluding carboxylic acids is 1. The summed E-state index contributed by atoms with van der Waals surface area (Å²) in [5.41, 5.74) is 4.73. The third-order valence-corrected chi connectivity index (χ3v) is 6.34. The van der Waals surface area contributed by atoms with Crippen LogP contribution in [-0.2, 0) is 11.4 Å². The van der Waals surface area contributed by atoms with E-state index in [-0.39, 0.29) is 5.91 Å². The predicted molar refractivity (Wildman–Crippen MR) is 135 cm³/mol. The predicted octanol–water partition coefficient (Wildman–Crippen LogP) is 6.44. The molecule has 3 aromatic carbocycles. The minimum atomic E-state index is -0.179. The van der Waals surface area contributed by atoms with Crippen molar-refractivity contribution in [2.24, 2.45) is 4.99 Å². The molecule has 0 atom stereocenters. The highest BCUT2D eigenvalue weighted by Gasteiger charge is 2.24. The first kappa shape index (κ1) is 23.0. The number of nitrogens with one attached hydrogen (secondary N) is 1. The third-order valence-electron chi connectivity index (χ3n) is 5.06. The number of nitrogens with zero attached hydrogens (tertiary/aromatic N) is 1. The second-order valence-electron chi connectivity index (χ2n) is 7.56. The fourth-order valence-electron chi connectivity index (χ4n) is 3.25. The van der Waals surface area contributed by atoms with Crippen molar-refractivity contribution in [2.75, 3.05) is 7.11 Å². The van der Waals surface area contributed by atoms with Gasteiger partial charge in [-0.05, 0) is 72.6 Å². The quantitative estimate of drug-likeness (QED) is 0.414. The smallest absolute Gasteiger partial charge is 0.264 e. The van der Waals surface area contributed by atoms with Crippen molar-refractivity contribution in [1.82, 2.24) is 5.32 Å². The first-order chi connectivity index (χ1) is 15.9. The van der Waals surface area contributed by atoms with Crippen LogP contribution in [0, 0.1) is 13.8 Å². The first-order valence-corrected chi connectivity index (χ1v) is 11.5. The lowest BCUT2D eigenvalue weighted by Crippen LogP contribution is -2.19. The number of methoxy groups -OCH3 is 1. The van der Waals surface area contributed by atoms with Crippen LogP contribution in [0.15, 0.2) is 70.6 Å². The molecule has 168 valence electrons. The number of rotatable bonds is 6. The van der Waals surface area contributed by atoms with E-state index in [9.17, 15) is 4.79 Å². The van der Waals surface area contributed by atoms with Crippen LogP contribution in [-0.4, -0.2) is 18.2 Å². The van der Waals surface area contributed by atoms with Crippen LogP contribution < -0.4 is 14.8 Å². The van der Waals surface area contributed by atoms with Gasteiger partial charge < -0.3 is 14.8 Å². The molecule has 1 heterocycles. The first-order valence-electron chi connectivity index (χ1n) is 10.3. The van der Waals surface area contributed by atoms with E-state index >= 15 is 0 Å². The van der Waals surface area contributed by atoms with E-state index in [1.54, 1.807) is 7.11 Å². The molecule has 1 N–H and O–H groups in total. The van der Waals surface area contributed by atoms with Crippen molar-refractivity contribution in [3.05, 3.63) is 92.8 Å². The summed E-state index contributed by atoms with van der Waals surface area (Å²) in [5.74, 6) is 0.992. The van der Waals surface area contributed by atoms with Crippen molar-refractivity contribution < 1.29 is 14.3 Å². The molecule has 33 heavy (non-hydrogen) atoms. The Morgan fingerprint density at radius 2 is 1.88 bits per heavy atom. The second kappa shape index (κ2) is 10.1. The molecular weight excluding hydrogens is 456 g/mol. The van der Waals surface area contributed by atoms with E-state index in [0.29, 0.717) is 33.2 Å². The number of halogens is 1. The molecule has 1 aliphatic heterocycles. The summed E-state index contributed by atoms with van der Waals surface area (Å²) in [6, 6.07) is 19.1. The maximum atomic E-state index is 12.5. The molecule has 4 rings (SSSR count). The highest BCUT2D eigenvalue weighted by molar-refractivity contribution is 8.18. The Morgan fingerprint density at radius 3 is 2.67 bits per heavy atom. The van der Waals surface area contributed by atoms with Gasteiger partial charge in [0, 0.05) is 10.6 Å². The number of ether oxygens (including phenoxy) is 2. The zero-order chi connectivity index (χ0) is 23.4. The Morgan fingerprint density at radius 1 is 1.06 bits per heavy atom. The minimum absolute atomic E-state index is 0.179. The van der Waals surface area contributed by atoms with Crippen LogP contribution in [0.5, 0.6) is 11.5 Å². The number of aryl methyl sites for hydroxylation is 2. The average Bonchev–Trinajstić information content (AvgIpc) is 3.14. The lowest BCUT2D eigenvalue weighted by atomic mass is 10.1. The Labute approximate surface area is 202 Å². The fourth-order valence-corrected chi connectivity index (χ4v) is 4.27. The molecule has 1 amide bonds. The van der Waals surface area contributed by atoms with Gasteiger partial charge in [-0.1, -0.05) is 48.0 Å². The monoisotopic (exact) mass is 478 g/mol. The van der Waals surface area contributed by atoms with Crippen molar-refractivity contribution in [1.29, 1.82) is 0 Å². The number of aliphatic imine (C=N–C) groups is 1. The molecule has 0 bridgehead atoms. The van der Waals surface area contributed by atoms with Crippen LogP contribution in [0.3, 0.4) is 0 Å². The molecule has 0 radical (unpaired) electrons. The maximum Gasteiger partial charge on any atom is 0.264 e. The Bertz CT molecular complexity index is 1270. The normalized spacial score (nSPS) is 15.7. The number of hydrogen-bond acceptors (Lipinski definition) is 5. The van der Waals surface area contributed by atoms with Gasteiger partial charge in [-0.2, -0.15) is 0 Å². The number of carbonyl (C=O) groups is 1. The van der Waals surface area contributed by atoms with E-state index in [2.05, 4.69) is 10.3 Å². The molecule has 0 aromatic heterocycles. The van der Waals surface area contributed by atoms with Crippen LogP contribution in [0.1, 0.15) is 22.3 Å². The van der Waals surface area contributed by atoms with E-state index in [4.69, 9.17) is 21.1 Å². The van der Waals surface area contributed by atoms with Gasteiger partial charge in [0.25, 0.3) is 5.91 Å². The highest BCUT2D eigenvalue weighted by Crippen LogP contribution is 2.33. The van der Waals surface area contributed by atoms with Gasteiger partial charge in [0.2, 0.25) is 0 Å². The molecule has 0 aliphatic carbocycles. The number of amidine groups is 1. The zero-order valence-electron chi connectivity index (χ0n) is 18.5. The van der Waals surface area contributed by atoms with E-state index < -0.39 is 0 Å². The lowest BCUT2D eigenvalue weighted by Gasteiger charge is -2.12. The largest absolute Gasteiger partial charge is 0.493 e. The Balaban J connectivity index is 1.51.